The van der Waals surface area contributed by atoms with Crippen LogP contribution in [0.25, 0.3) is 0 Å². The van der Waals surface area contributed by atoms with Crippen LogP contribution in [0, 0.1) is 7.43 Å². The molecule has 103 valence electrons. The van der Waals surface area contributed by atoms with Crippen molar-refractivity contribution in [3.63, 3.8) is 0 Å². The Kier molecular flexibility index (Phi) is 7.56. The fraction of sp³-hybridized carbons (Fsp3) is 0. The Labute approximate surface area is 148 Å². The summed E-state index contributed by atoms with van der Waals surface area (Å²) in [5.41, 5.74) is 0. The van der Waals surface area contributed by atoms with Crippen molar-refractivity contribution in [2.24, 2.45) is 0 Å². The van der Waals surface area contributed by atoms with E-state index in [0.717, 1.165) is 0 Å². The summed E-state index contributed by atoms with van der Waals surface area (Å²) in [6.07, 6.45) is 0. The second kappa shape index (κ2) is 8.92. The number of hydrogen-bond acceptors (Lipinski definition) is 0. The van der Waals surface area contributed by atoms with Crippen LogP contribution in [0.4, 0.5) is 0 Å². The molecule has 0 heterocycles. The zero-order valence-electron chi connectivity index (χ0n) is 12.2. The molecule has 0 aromatic heterocycles. The Morgan fingerprint density at radius 3 is 0.905 bits per heavy atom. The molecule has 3 aromatic carbocycles. The Morgan fingerprint density at radius 2 is 0.667 bits per heavy atom. The van der Waals surface area contributed by atoms with Gasteiger partial charge in [-0.3, -0.25) is 0 Å². The van der Waals surface area contributed by atoms with Crippen LogP contribution in [0.1, 0.15) is 0 Å². The molecule has 0 saturated carbocycles. The molecule has 3 rings (SSSR count). The largest absolute Gasteiger partial charge is 0.358 e. The minimum Gasteiger partial charge on any atom is -0.358 e. The minimum atomic E-state index is -0.877. The Balaban J connectivity index is 0.00000110. The molecule has 0 atom stereocenters. The first-order valence-corrected chi connectivity index (χ1v) is 7.98. The van der Waals surface area contributed by atoms with E-state index < -0.39 is 8.80 Å². The first-order valence-electron chi connectivity index (χ1n) is 6.48. The van der Waals surface area contributed by atoms with E-state index in [-0.39, 0.29) is 33.6 Å². The second-order valence-electron chi connectivity index (χ2n) is 4.47. The van der Waals surface area contributed by atoms with E-state index >= 15 is 0 Å². The van der Waals surface area contributed by atoms with Crippen LogP contribution in [-0.4, -0.2) is 8.80 Å². The van der Waals surface area contributed by atoms with Crippen LogP contribution in [-0.2, 0) is 26.2 Å². The third-order valence-corrected chi connectivity index (χ3v) is 5.92. The summed E-state index contributed by atoms with van der Waals surface area (Å²) in [6, 6.07) is 32.5. The van der Waals surface area contributed by atoms with Gasteiger partial charge in [-0.2, -0.15) is 0 Å². The zero-order valence-corrected chi connectivity index (χ0v) is 15.6. The van der Waals surface area contributed by atoms with Crippen LogP contribution >= 0.6 is 0 Å². The van der Waals surface area contributed by atoms with Crippen molar-refractivity contribution in [3.05, 3.63) is 98.4 Å². The van der Waals surface area contributed by atoms with Crippen molar-refractivity contribution >= 4 is 24.4 Å². The van der Waals surface area contributed by atoms with Gasteiger partial charge in [-0.25, -0.2) is 0 Å². The summed E-state index contributed by atoms with van der Waals surface area (Å²) < 4.78 is 0. The molecule has 2 heteroatoms. The molecule has 0 fully saturated rings. The van der Waals surface area contributed by atoms with Gasteiger partial charge >= 0.3 is 0 Å². The standard InChI is InChI=1S/C18H15Si.CH3.Zr/c1-4-10-16(11-5-1)19(17-12-6-2-7-13-17)18-14-8-3-9-15-18;;/h1-15H;1H3;/q;-1;. The van der Waals surface area contributed by atoms with Gasteiger partial charge in [-0.1, -0.05) is 107 Å². The van der Waals surface area contributed by atoms with E-state index in [1.165, 1.54) is 15.6 Å². The van der Waals surface area contributed by atoms with E-state index in [1.807, 2.05) is 0 Å². The van der Waals surface area contributed by atoms with Crippen molar-refractivity contribution in [3.8, 4) is 0 Å². The molecular formula is C19H18SiZr-. The van der Waals surface area contributed by atoms with Crippen LogP contribution in [0.3, 0.4) is 0 Å². The summed E-state index contributed by atoms with van der Waals surface area (Å²) >= 11 is 0. The number of benzene rings is 3. The summed E-state index contributed by atoms with van der Waals surface area (Å²) in [5, 5.41) is 4.31. The molecule has 0 N–H and O–H groups in total. The monoisotopic (exact) mass is 364 g/mol. The first kappa shape index (κ1) is 17.8. The third-order valence-electron chi connectivity index (χ3n) is 3.19. The number of hydrogen-bond donors (Lipinski definition) is 0. The molecule has 0 unspecified atom stereocenters. The van der Waals surface area contributed by atoms with Crippen molar-refractivity contribution in [2.75, 3.05) is 0 Å². The smallest absolute Gasteiger partial charge is 0.154 e. The maximum atomic E-state index is 2.24. The molecule has 0 aliphatic rings. The maximum Gasteiger partial charge on any atom is 0.154 e. The Bertz CT molecular complexity index is 530. The fourth-order valence-electron chi connectivity index (χ4n) is 2.31. The average Bonchev–Trinajstić information content (AvgIpc) is 2.51. The van der Waals surface area contributed by atoms with Gasteiger partial charge in [-0.05, 0) is 0 Å². The van der Waals surface area contributed by atoms with Gasteiger partial charge in [0.05, 0.1) is 0 Å². The minimum absolute atomic E-state index is 0. The van der Waals surface area contributed by atoms with Crippen molar-refractivity contribution in [2.45, 2.75) is 0 Å². The predicted octanol–water partition coefficient (Wildman–Crippen LogP) is 2.65. The molecule has 0 aliphatic heterocycles. The van der Waals surface area contributed by atoms with Gasteiger partial charge in [0, 0.05) is 26.2 Å². The SMILES string of the molecule is [CH3-].[Zr].c1ccc([Si](c2ccccc2)c2ccccc2)cc1. The molecule has 0 nitrogen and oxygen atoms in total. The van der Waals surface area contributed by atoms with E-state index in [0.29, 0.717) is 0 Å². The Morgan fingerprint density at radius 1 is 0.429 bits per heavy atom. The predicted molar refractivity (Wildman–Crippen MR) is 90.4 cm³/mol. The summed E-state index contributed by atoms with van der Waals surface area (Å²) in [7, 11) is -0.877. The van der Waals surface area contributed by atoms with Crippen molar-refractivity contribution < 1.29 is 26.2 Å². The topological polar surface area (TPSA) is 0 Å². The van der Waals surface area contributed by atoms with Gasteiger partial charge in [0.25, 0.3) is 0 Å². The van der Waals surface area contributed by atoms with Gasteiger partial charge in [0.15, 0.2) is 8.80 Å². The quantitative estimate of drug-likeness (QED) is 0.380. The third kappa shape index (κ3) is 4.36. The number of rotatable bonds is 3. The van der Waals surface area contributed by atoms with Gasteiger partial charge < -0.3 is 7.43 Å². The van der Waals surface area contributed by atoms with Crippen molar-refractivity contribution in [1.82, 2.24) is 0 Å². The van der Waals surface area contributed by atoms with E-state index in [2.05, 4.69) is 91.0 Å². The van der Waals surface area contributed by atoms with Crippen LogP contribution in [0.5, 0.6) is 0 Å². The molecule has 0 amide bonds. The van der Waals surface area contributed by atoms with Crippen molar-refractivity contribution in [1.29, 1.82) is 0 Å². The fourth-order valence-corrected chi connectivity index (χ4v) is 4.89. The zero-order chi connectivity index (χ0) is 12.9. The van der Waals surface area contributed by atoms with Crippen LogP contribution < -0.4 is 15.6 Å². The first-order chi connectivity index (χ1) is 9.45. The molecule has 0 saturated heterocycles. The molecule has 1 radical (unpaired) electrons. The summed E-state index contributed by atoms with van der Waals surface area (Å²) in [6.45, 7) is 0. The molecule has 0 spiro atoms. The second-order valence-corrected chi connectivity index (χ2v) is 6.96. The van der Waals surface area contributed by atoms with Crippen LogP contribution in [0.15, 0.2) is 91.0 Å². The van der Waals surface area contributed by atoms with Gasteiger partial charge in [-0.15, -0.1) is 0 Å². The average molecular weight is 366 g/mol. The van der Waals surface area contributed by atoms with Crippen LogP contribution in [0.2, 0.25) is 0 Å². The molecule has 3 aromatic rings. The van der Waals surface area contributed by atoms with Gasteiger partial charge in [0.1, 0.15) is 0 Å². The normalized spacial score (nSPS) is 9.57. The maximum absolute atomic E-state index is 2.24. The van der Waals surface area contributed by atoms with E-state index in [1.54, 1.807) is 0 Å². The summed E-state index contributed by atoms with van der Waals surface area (Å²) in [5.74, 6) is 0. The van der Waals surface area contributed by atoms with E-state index in [4.69, 9.17) is 0 Å². The molecule has 0 bridgehead atoms. The molecular weight excluding hydrogens is 348 g/mol. The van der Waals surface area contributed by atoms with E-state index in [9.17, 15) is 0 Å². The molecule has 21 heavy (non-hydrogen) atoms. The Hall–Kier alpha value is -1.24. The summed E-state index contributed by atoms with van der Waals surface area (Å²) in [4.78, 5) is 0. The van der Waals surface area contributed by atoms with Gasteiger partial charge in [0.2, 0.25) is 0 Å². The molecule has 0 aliphatic carbocycles.